The van der Waals surface area contributed by atoms with Crippen LogP contribution in [0.3, 0.4) is 0 Å². The minimum absolute atomic E-state index is 0.548. The normalized spacial score (nSPS) is 12.5. The van der Waals surface area contributed by atoms with Crippen molar-refractivity contribution >= 4 is 48.7 Å². The summed E-state index contributed by atoms with van der Waals surface area (Å²) in [6.07, 6.45) is 0. The fourth-order valence-electron chi connectivity index (χ4n) is 3.13. The zero-order chi connectivity index (χ0) is 17.4. The summed E-state index contributed by atoms with van der Waals surface area (Å²) < 4.78 is 4.19. The van der Waals surface area contributed by atoms with E-state index >= 15 is 0 Å². The smallest absolute Gasteiger partial charge is 0.310 e. The Morgan fingerprint density at radius 1 is 1.12 bits per heavy atom. The van der Waals surface area contributed by atoms with Crippen LogP contribution in [-0.4, -0.2) is 15.6 Å². The Morgan fingerprint density at radius 3 is 2.38 bits per heavy atom. The van der Waals surface area contributed by atoms with E-state index in [9.17, 15) is 9.90 Å². The minimum Gasteiger partial charge on any atom is -0.481 e. The van der Waals surface area contributed by atoms with Crippen molar-refractivity contribution in [3.8, 4) is 0 Å². The topological polar surface area (TPSA) is 42.2 Å². The predicted octanol–water partition coefficient (Wildman–Crippen LogP) is 5.71. The lowest BCUT2D eigenvalue weighted by Crippen LogP contribution is -2.09. The molecule has 0 aliphatic rings. The molecule has 124 valence electrons. The molecule has 3 aromatic rings. The number of benzene rings is 2. The molecule has 0 spiro atoms. The predicted molar refractivity (Wildman–Crippen MR) is 104 cm³/mol. The van der Waals surface area contributed by atoms with E-state index in [1.54, 1.807) is 6.92 Å². The van der Waals surface area contributed by atoms with Crippen molar-refractivity contribution in [2.75, 3.05) is 0 Å². The first-order chi connectivity index (χ1) is 11.4. The molecule has 5 heteroatoms. The van der Waals surface area contributed by atoms with E-state index in [4.69, 9.17) is 0 Å². The highest BCUT2D eigenvalue weighted by molar-refractivity contribution is 9.10. The van der Waals surface area contributed by atoms with E-state index < -0.39 is 11.9 Å². The lowest BCUT2D eigenvalue weighted by molar-refractivity contribution is -0.138. The van der Waals surface area contributed by atoms with E-state index in [1.165, 1.54) is 5.56 Å². The van der Waals surface area contributed by atoms with E-state index in [0.29, 0.717) is 6.54 Å². The monoisotopic (exact) mass is 449 g/mol. The summed E-state index contributed by atoms with van der Waals surface area (Å²) in [6, 6.07) is 14.2. The number of rotatable bonds is 4. The van der Waals surface area contributed by atoms with Gasteiger partial charge in [0.05, 0.1) is 5.92 Å². The summed E-state index contributed by atoms with van der Waals surface area (Å²) in [4.78, 5) is 11.6. The van der Waals surface area contributed by atoms with Crippen LogP contribution in [0.25, 0.3) is 10.9 Å². The van der Waals surface area contributed by atoms with E-state index in [0.717, 1.165) is 31.1 Å². The van der Waals surface area contributed by atoms with Gasteiger partial charge in [0.1, 0.15) is 0 Å². The Balaban J connectivity index is 2.18. The molecule has 1 N–H and O–H groups in total. The molecule has 0 aliphatic heterocycles. The number of carboxylic acid groups (broad SMARTS) is 1. The fourth-order valence-corrected chi connectivity index (χ4v) is 3.75. The van der Waals surface area contributed by atoms with E-state index in [-0.39, 0.29) is 0 Å². The highest BCUT2D eigenvalue weighted by Crippen LogP contribution is 2.34. The molecule has 0 aliphatic carbocycles. The third kappa shape index (κ3) is 3.15. The minimum atomic E-state index is -0.805. The molecule has 24 heavy (non-hydrogen) atoms. The molecular weight excluding hydrogens is 434 g/mol. The van der Waals surface area contributed by atoms with Crippen LogP contribution < -0.4 is 0 Å². The third-order valence-electron chi connectivity index (χ3n) is 4.39. The van der Waals surface area contributed by atoms with Crippen LogP contribution in [0, 0.1) is 6.92 Å². The van der Waals surface area contributed by atoms with Crippen molar-refractivity contribution < 1.29 is 9.90 Å². The molecule has 0 bridgehead atoms. The molecule has 0 unspecified atom stereocenters. The Hall–Kier alpha value is -1.59. The summed E-state index contributed by atoms with van der Waals surface area (Å²) in [5.74, 6) is -1.35. The molecule has 0 radical (unpaired) electrons. The number of aliphatic carboxylic acids is 1. The Morgan fingerprint density at radius 2 is 1.75 bits per heavy atom. The maximum Gasteiger partial charge on any atom is 0.310 e. The van der Waals surface area contributed by atoms with Gasteiger partial charge in [-0.25, -0.2) is 0 Å². The van der Waals surface area contributed by atoms with Gasteiger partial charge in [0.15, 0.2) is 0 Å². The van der Waals surface area contributed by atoms with Gasteiger partial charge in [-0.2, -0.15) is 0 Å². The Labute approximate surface area is 157 Å². The lowest BCUT2D eigenvalue weighted by Gasteiger charge is -2.11. The van der Waals surface area contributed by atoms with Crippen LogP contribution in [0.5, 0.6) is 0 Å². The number of halogens is 2. The molecule has 0 amide bonds. The molecular formula is C19H17Br2NO2. The standard InChI is InChI=1S/C19H17Br2NO2/c1-11(19(23)24)18-12(2)22(10-13-3-5-14(20)6-4-13)17-8-7-15(21)9-16(17)18/h3-9,11H,10H2,1-2H3,(H,23,24)/t11-/m0/s1. The van der Waals surface area contributed by atoms with Crippen molar-refractivity contribution in [1.82, 2.24) is 4.57 Å². The number of hydrogen-bond donors (Lipinski definition) is 1. The van der Waals surface area contributed by atoms with Crippen LogP contribution in [0.15, 0.2) is 51.4 Å². The van der Waals surface area contributed by atoms with Crippen molar-refractivity contribution in [1.29, 1.82) is 0 Å². The van der Waals surface area contributed by atoms with Gasteiger partial charge in [0.25, 0.3) is 0 Å². The largest absolute Gasteiger partial charge is 0.481 e. The molecule has 1 heterocycles. The molecule has 1 aromatic heterocycles. The molecule has 0 fully saturated rings. The molecule has 3 rings (SSSR count). The first-order valence-corrected chi connectivity index (χ1v) is 9.22. The van der Waals surface area contributed by atoms with Crippen LogP contribution in [0.4, 0.5) is 0 Å². The van der Waals surface area contributed by atoms with Crippen LogP contribution in [0.1, 0.15) is 29.7 Å². The molecule has 0 saturated carbocycles. The van der Waals surface area contributed by atoms with Gasteiger partial charge in [0.2, 0.25) is 0 Å². The average Bonchev–Trinajstić information content (AvgIpc) is 2.80. The number of carboxylic acids is 1. The molecule has 1 atom stereocenters. The van der Waals surface area contributed by atoms with Gasteiger partial charge in [-0.1, -0.05) is 44.0 Å². The second-order valence-corrected chi connectivity index (χ2v) is 7.76. The molecule has 3 nitrogen and oxygen atoms in total. The maximum atomic E-state index is 11.6. The molecule has 2 aromatic carbocycles. The Bertz CT molecular complexity index is 913. The number of hydrogen-bond acceptors (Lipinski definition) is 1. The summed E-state index contributed by atoms with van der Waals surface area (Å²) in [7, 11) is 0. The number of carbonyl (C=O) groups is 1. The fraction of sp³-hybridized carbons (Fsp3) is 0.211. The lowest BCUT2D eigenvalue weighted by atomic mass is 9.98. The zero-order valence-corrected chi connectivity index (χ0v) is 16.6. The number of aromatic nitrogens is 1. The quantitative estimate of drug-likeness (QED) is 0.552. The first kappa shape index (κ1) is 17.2. The van der Waals surface area contributed by atoms with Gasteiger partial charge < -0.3 is 9.67 Å². The number of fused-ring (bicyclic) bond motifs is 1. The van der Waals surface area contributed by atoms with Crippen molar-refractivity contribution in [3.05, 3.63) is 68.2 Å². The van der Waals surface area contributed by atoms with Gasteiger partial charge in [-0.15, -0.1) is 0 Å². The van der Waals surface area contributed by atoms with E-state index in [1.807, 2.05) is 37.3 Å². The van der Waals surface area contributed by atoms with Gasteiger partial charge in [-0.05, 0) is 55.3 Å². The summed E-state index contributed by atoms with van der Waals surface area (Å²) in [6.45, 7) is 4.46. The van der Waals surface area contributed by atoms with Gasteiger partial charge in [0, 0.05) is 32.1 Å². The van der Waals surface area contributed by atoms with Crippen molar-refractivity contribution in [3.63, 3.8) is 0 Å². The average molecular weight is 451 g/mol. The maximum absolute atomic E-state index is 11.6. The van der Waals surface area contributed by atoms with Crippen molar-refractivity contribution in [2.24, 2.45) is 0 Å². The van der Waals surface area contributed by atoms with Crippen LogP contribution in [0.2, 0.25) is 0 Å². The second kappa shape index (κ2) is 6.73. The second-order valence-electron chi connectivity index (χ2n) is 5.93. The highest BCUT2D eigenvalue weighted by Gasteiger charge is 2.23. The SMILES string of the molecule is Cc1c([C@H](C)C(=O)O)c2cc(Br)ccc2n1Cc1ccc(Br)cc1. The van der Waals surface area contributed by atoms with E-state index in [2.05, 4.69) is 48.6 Å². The van der Waals surface area contributed by atoms with Crippen LogP contribution in [-0.2, 0) is 11.3 Å². The molecule has 0 saturated heterocycles. The zero-order valence-electron chi connectivity index (χ0n) is 13.4. The number of nitrogens with zero attached hydrogens (tertiary/aromatic N) is 1. The van der Waals surface area contributed by atoms with Gasteiger partial charge in [-0.3, -0.25) is 4.79 Å². The summed E-state index contributed by atoms with van der Waals surface area (Å²) in [5.41, 5.74) is 4.12. The third-order valence-corrected chi connectivity index (χ3v) is 5.41. The van der Waals surface area contributed by atoms with Crippen molar-refractivity contribution in [2.45, 2.75) is 26.3 Å². The first-order valence-electron chi connectivity index (χ1n) is 7.64. The Kier molecular flexibility index (Phi) is 4.83. The summed E-state index contributed by atoms with van der Waals surface area (Å²) in [5, 5.41) is 10.5. The van der Waals surface area contributed by atoms with Crippen LogP contribution >= 0.6 is 31.9 Å². The van der Waals surface area contributed by atoms with Gasteiger partial charge >= 0.3 is 5.97 Å². The highest BCUT2D eigenvalue weighted by atomic mass is 79.9. The summed E-state index contributed by atoms with van der Waals surface area (Å²) >= 11 is 6.95.